The predicted molar refractivity (Wildman–Crippen MR) is 76.2 cm³/mol. The fraction of sp³-hybridized carbons (Fsp3) is 0.143. The molecule has 0 saturated heterocycles. The van der Waals surface area contributed by atoms with E-state index in [1.165, 1.54) is 24.3 Å². The lowest BCUT2D eigenvalue weighted by molar-refractivity contribution is 0.544. The molecule has 7 heteroatoms. The van der Waals surface area contributed by atoms with Crippen LogP contribution in [-0.4, -0.2) is 8.42 Å². The number of nitrogens with one attached hydrogen (secondary N) is 1. The Morgan fingerprint density at radius 1 is 1.10 bits per heavy atom. The van der Waals surface area contributed by atoms with E-state index in [0.717, 1.165) is 12.1 Å². The van der Waals surface area contributed by atoms with E-state index in [2.05, 4.69) is 5.32 Å². The van der Waals surface area contributed by atoms with Crippen LogP contribution in [0.3, 0.4) is 0 Å². The number of benzene rings is 2. The van der Waals surface area contributed by atoms with Crippen molar-refractivity contribution in [2.75, 3.05) is 5.32 Å². The largest absolute Gasteiger partial charge is 0.378 e. The molecule has 0 heterocycles. The molecule has 2 aromatic carbocycles. The van der Waals surface area contributed by atoms with E-state index in [0.29, 0.717) is 5.69 Å². The van der Waals surface area contributed by atoms with Gasteiger partial charge in [0.2, 0.25) is 10.0 Å². The Hall–Kier alpha value is -1.99. The van der Waals surface area contributed by atoms with Gasteiger partial charge in [-0.15, -0.1) is 0 Å². The van der Waals surface area contributed by atoms with E-state index >= 15 is 0 Å². The number of sulfonamides is 1. The minimum absolute atomic E-state index is 0.0753. The zero-order valence-corrected chi connectivity index (χ0v) is 12.0. The van der Waals surface area contributed by atoms with E-state index in [1.54, 1.807) is 13.0 Å². The van der Waals surface area contributed by atoms with Gasteiger partial charge in [0.15, 0.2) is 0 Å². The summed E-state index contributed by atoms with van der Waals surface area (Å²) in [5.74, 6) is -1.34. The highest BCUT2D eigenvalue weighted by Crippen LogP contribution is 2.25. The zero-order valence-electron chi connectivity index (χ0n) is 11.2. The Morgan fingerprint density at radius 2 is 1.67 bits per heavy atom. The lowest BCUT2D eigenvalue weighted by atomic mass is 10.1. The van der Waals surface area contributed by atoms with Crippen LogP contribution in [0.15, 0.2) is 47.4 Å². The van der Waals surface area contributed by atoms with Crippen molar-refractivity contribution in [1.82, 2.24) is 0 Å². The van der Waals surface area contributed by atoms with Gasteiger partial charge in [-0.25, -0.2) is 22.3 Å². The van der Waals surface area contributed by atoms with Gasteiger partial charge in [0, 0.05) is 11.3 Å². The van der Waals surface area contributed by atoms with Crippen LogP contribution >= 0.6 is 0 Å². The molecule has 3 N–H and O–H groups in total. The Kier molecular flexibility index (Phi) is 4.24. The summed E-state index contributed by atoms with van der Waals surface area (Å²) in [4.78, 5) is -0.0753. The standard InChI is InChI=1S/C14H14F2N2O2S/c1-9(14-12(15)6-3-7-13(14)16)18-10-4-2-5-11(8-10)21(17,19)20/h2-9,18H,1H3,(H2,17,19,20). The average molecular weight is 312 g/mol. The summed E-state index contributed by atoms with van der Waals surface area (Å²) in [5.41, 5.74) is 0.287. The van der Waals surface area contributed by atoms with Gasteiger partial charge in [0.25, 0.3) is 0 Å². The maximum atomic E-state index is 13.7. The van der Waals surface area contributed by atoms with E-state index < -0.39 is 27.7 Å². The maximum absolute atomic E-state index is 13.7. The fourth-order valence-corrected chi connectivity index (χ4v) is 2.57. The third kappa shape index (κ3) is 3.56. The van der Waals surface area contributed by atoms with Gasteiger partial charge in [-0.3, -0.25) is 0 Å². The van der Waals surface area contributed by atoms with Crippen molar-refractivity contribution in [3.63, 3.8) is 0 Å². The molecule has 0 aromatic heterocycles. The van der Waals surface area contributed by atoms with Gasteiger partial charge in [-0.1, -0.05) is 12.1 Å². The van der Waals surface area contributed by atoms with Gasteiger partial charge in [-0.2, -0.15) is 0 Å². The number of hydrogen-bond donors (Lipinski definition) is 2. The third-order valence-corrected chi connectivity index (χ3v) is 3.89. The first kappa shape index (κ1) is 15.4. The van der Waals surface area contributed by atoms with Crippen molar-refractivity contribution in [3.8, 4) is 0 Å². The number of rotatable bonds is 4. The summed E-state index contributed by atoms with van der Waals surface area (Å²) in [6.45, 7) is 1.57. The average Bonchev–Trinajstić information content (AvgIpc) is 2.37. The lowest BCUT2D eigenvalue weighted by Crippen LogP contribution is -2.14. The van der Waals surface area contributed by atoms with E-state index in [1.807, 2.05) is 0 Å². The molecule has 0 aliphatic heterocycles. The van der Waals surface area contributed by atoms with E-state index in [9.17, 15) is 17.2 Å². The Labute approximate surface area is 121 Å². The second kappa shape index (κ2) is 5.79. The molecule has 1 atom stereocenters. The molecule has 0 bridgehead atoms. The van der Waals surface area contributed by atoms with Gasteiger partial charge >= 0.3 is 0 Å². The van der Waals surface area contributed by atoms with E-state index in [4.69, 9.17) is 5.14 Å². The topological polar surface area (TPSA) is 72.2 Å². The lowest BCUT2D eigenvalue weighted by Gasteiger charge is -2.17. The van der Waals surface area contributed by atoms with Crippen molar-refractivity contribution in [2.24, 2.45) is 5.14 Å². The number of nitrogens with two attached hydrogens (primary N) is 1. The van der Waals surface area contributed by atoms with Crippen molar-refractivity contribution >= 4 is 15.7 Å². The maximum Gasteiger partial charge on any atom is 0.238 e. The van der Waals surface area contributed by atoms with Crippen LogP contribution in [-0.2, 0) is 10.0 Å². The summed E-state index contributed by atoms with van der Waals surface area (Å²) >= 11 is 0. The van der Waals surface area contributed by atoms with Gasteiger partial charge < -0.3 is 5.32 Å². The van der Waals surface area contributed by atoms with Crippen molar-refractivity contribution < 1.29 is 17.2 Å². The molecule has 0 spiro atoms. The van der Waals surface area contributed by atoms with Crippen molar-refractivity contribution in [1.29, 1.82) is 0 Å². The molecule has 1 unspecified atom stereocenters. The number of primary sulfonamides is 1. The van der Waals surface area contributed by atoms with Gasteiger partial charge in [-0.05, 0) is 37.3 Å². The zero-order chi connectivity index (χ0) is 15.6. The van der Waals surface area contributed by atoms with Crippen LogP contribution in [0.5, 0.6) is 0 Å². The molecule has 2 aromatic rings. The van der Waals surface area contributed by atoms with Crippen LogP contribution in [0.25, 0.3) is 0 Å². The van der Waals surface area contributed by atoms with Crippen molar-refractivity contribution in [2.45, 2.75) is 17.9 Å². The normalized spacial score (nSPS) is 13.0. The minimum atomic E-state index is -3.83. The van der Waals surface area contributed by atoms with Crippen LogP contribution in [0.2, 0.25) is 0 Å². The highest BCUT2D eigenvalue weighted by molar-refractivity contribution is 7.89. The molecule has 21 heavy (non-hydrogen) atoms. The number of anilines is 1. The second-order valence-corrected chi connectivity index (χ2v) is 6.14. The summed E-state index contributed by atoms with van der Waals surface area (Å²) in [6.07, 6.45) is 0. The SMILES string of the molecule is CC(Nc1cccc(S(N)(=O)=O)c1)c1c(F)cccc1F. The molecule has 0 aliphatic rings. The number of halogens is 2. The first-order valence-electron chi connectivity index (χ1n) is 6.12. The van der Waals surface area contributed by atoms with Crippen LogP contribution in [0.4, 0.5) is 14.5 Å². The summed E-state index contributed by atoms with van der Waals surface area (Å²) in [7, 11) is -3.83. The minimum Gasteiger partial charge on any atom is -0.378 e. The molecule has 4 nitrogen and oxygen atoms in total. The molecular weight excluding hydrogens is 298 g/mol. The Balaban J connectivity index is 2.30. The summed E-state index contributed by atoms with van der Waals surface area (Å²) in [5, 5.41) is 7.89. The van der Waals surface area contributed by atoms with Crippen LogP contribution in [0, 0.1) is 11.6 Å². The molecule has 0 saturated carbocycles. The molecular formula is C14H14F2N2O2S. The summed E-state index contributed by atoms with van der Waals surface area (Å²) < 4.78 is 49.9. The molecule has 112 valence electrons. The second-order valence-electron chi connectivity index (χ2n) is 4.57. The molecule has 0 aliphatic carbocycles. The molecule has 0 amide bonds. The Bertz CT molecular complexity index is 743. The van der Waals surface area contributed by atoms with Gasteiger partial charge in [0.1, 0.15) is 11.6 Å². The summed E-state index contributed by atoms with van der Waals surface area (Å²) in [6, 6.07) is 8.66. The smallest absolute Gasteiger partial charge is 0.238 e. The fourth-order valence-electron chi connectivity index (χ4n) is 2.01. The quantitative estimate of drug-likeness (QED) is 0.912. The van der Waals surface area contributed by atoms with Gasteiger partial charge in [0.05, 0.1) is 10.9 Å². The highest BCUT2D eigenvalue weighted by atomic mass is 32.2. The van der Waals surface area contributed by atoms with Crippen LogP contribution in [0.1, 0.15) is 18.5 Å². The Morgan fingerprint density at radius 3 is 2.24 bits per heavy atom. The first-order valence-corrected chi connectivity index (χ1v) is 7.67. The highest BCUT2D eigenvalue weighted by Gasteiger charge is 2.16. The predicted octanol–water partition coefficient (Wildman–Crippen LogP) is 2.79. The van der Waals surface area contributed by atoms with Crippen molar-refractivity contribution in [3.05, 3.63) is 59.7 Å². The molecule has 2 rings (SSSR count). The monoisotopic (exact) mass is 312 g/mol. The molecule has 0 radical (unpaired) electrons. The first-order chi connectivity index (χ1) is 9.79. The molecule has 0 fully saturated rings. The van der Waals surface area contributed by atoms with Crippen LogP contribution < -0.4 is 10.5 Å². The third-order valence-electron chi connectivity index (χ3n) is 2.98. The number of hydrogen-bond acceptors (Lipinski definition) is 3. The van der Waals surface area contributed by atoms with E-state index in [-0.39, 0.29) is 10.5 Å².